The molecule has 0 heterocycles. The molecule has 108 valence electrons. The first-order chi connectivity index (χ1) is 9.36. The standard InChI is InChI=1S/C16H22N2O2/c1-16(2,3)12-6-4-5-7-13(12)18-15(20)10-14(19)17-11-8-9-11/h4-7,11H,8-10H2,1-3H3,(H,17,19)(H,18,20). The molecular formula is C16H22N2O2. The van der Waals surface area contributed by atoms with Gasteiger partial charge in [-0.2, -0.15) is 0 Å². The quantitative estimate of drug-likeness (QED) is 0.829. The molecule has 0 bridgehead atoms. The third kappa shape index (κ3) is 4.08. The van der Waals surface area contributed by atoms with Crippen LogP contribution in [0.15, 0.2) is 24.3 Å². The van der Waals surface area contributed by atoms with Crippen molar-refractivity contribution < 1.29 is 9.59 Å². The van der Waals surface area contributed by atoms with Crippen molar-refractivity contribution in [2.75, 3.05) is 5.32 Å². The molecule has 2 amide bonds. The molecule has 1 aliphatic rings. The van der Waals surface area contributed by atoms with Crippen molar-refractivity contribution in [3.8, 4) is 0 Å². The maximum Gasteiger partial charge on any atom is 0.233 e. The lowest BCUT2D eigenvalue weighted by Crippen LogP contribution is -2.30. The number of amides is 2. The molecule has 20 heavy (non-hydrogen) atoms. The minimum Gasteiger partial charge on any atom is -0.353 e. The van der Waals surface area contributed by atoms with Crippen molar-refractivity contribution in [1.82, 2.24) is 5.32 Å². The number of nitrogens with one attached hydrogen (secondary N) is 2. The van der Waals surface area contributed by atoms with E-state index in [-0.39, 0.29) is 29.7 Å². The summed E-state index contributed by atoms with van der Waals surface area (Å²) in [7, 11) is 0. The van der Waals surface area contributed by atoms with E-state index in [1.54, 1.807) is 0 Å². The van der Waals surface area contributed by atoms with Crippen molar-refractivity contribution in [3.63, 3.8) is 0 Å². The maximum atomic E-state index is 11.9. The second-order valence-electron chi connectivity index (χ2n) is 6.36. The minimum absolute atomic E-state index is 0.0554. The molecule has 1 aliphatic carbocycles. The normalized spacial score (nSPS) is 14.8. The molecule has 2 rings (SSSR count). The van der Waals surface area contributed by atoms with Crippen molar-refractivity contribution in [3.05, 3.63) is 29.8 Å². The van der Waals surface area contributed by atoms with Crippen LogP contribution in [0.5, 0.6) is 0 Å². The zero-order chi connectivity index (χ0) is 14.8. The number of hydrogen-bond donors (Lipinski definition) is 2. The van der Waals surface area contributed by atoms with Crippen LogP contribution in [0, 0.1) is 0 Å². The van der Waals surface area contributed by atoms with Crippen LogP contribution in [-0.4, -0.2) is 17.9 Å². The van der Waals surface area contributed by atoms with E-state index in [1.807, 2.05) is 24.3 Å². The van der Waals surface area contributed by atoms with Gasteiger partial charge in [-0.25, -0.2) is 0 Å². The Morgan fingerprint density at radius 1 is 1.15 bits per heavy atom. The first-order valence-electron chi connectivity index (χ1n) is 7.05. The lowest BCUT2D eigenvalue weighted by atomic mass is 9.86. The smallest absolute Gasteiger partial charge is 0.233 e. The molecule has 0 radical (unpaired) electrons. The number of hydrogen-bond acceptors (Lipinski definition) is 2. The third-order valence-electron chi connectivity index (χ3n) is 3.27. The van der Waals surface area contributed by atoms with Crippen LogP contribution >= 0.6 is 0 Å². The Morgan fingerprint density at radius 2 is 1.80 bits per heavy atom. The topological polar surface area (TPSA) is 58.2 Å². The molecule has 0 aliphatic heterocycles. The van der Waals surface area contributed by atoms with E-state index in [0.717, 1.165) is 24.1 Å². The summed E-state index contributed by atoms with van der Waals surface area (Å²) in [5.74, 6) is -0.460. The summed E-state index contributed by atoms with van der Waals surface area (Å²) >= 11 is 0. The Kier molecular flexibility index (Phi) is 4.12. The van der Waals surface area contributed by atoms with E-state index in [0.29, 0.717) is 0 Å². The van der Waals surface area contributed by atoms with E-state index in [4.69, 9.17) is 0 Å². The molecule has 0 atom stereocenters. The SMILES string of the molecule is CC(C)(C)c1ccccc1NC(=O)CC(=O)NC1CC1. The van der Waals surface area contributed by atoms with Crippen LogP contribution in [0.4, 0.5) is 5.69 Å². The van der Waals surface area contributed by atoms with Crippen molar-refractivity contribution in [1.29, 1.82) is 0 Å². The molecule has 1 saturated carbocycles. The van der Waals surface area contributed by atoms with E-state index in [1.165, 1.54) is 0 Å². The fourth-order valence-corrected chi connectivity index (χ4v) is 2.09. The fraction of sp³-hybridized carbons (Fsp3) is 0.500. The number of para-hydroxylation sites is 1. The Labute approximate surface area is 119 Å². The summed E-state index contributed by atoms with van der Waals surface area (Å²) in [6, 6.07) is 8.00. The summed E-state index contributed by atoms with van der Waals surface area (Å²) in [5, 5.41) is 5.66. The Balaban J connectivity index is 1.98. The van der Waals surface area contributed by atoms with Crippen molar-refractivity contribution in [2.45, 2.75) is 51.5 Å². The van der Waals surface area contributed by atoms with Gasteiger partial charge in [-0.15, -0.1) is 0 Å². The molecule has 2 N–H and O–H groups in total. The number of rotatable bonds is 4. The predicted octanol–water partition coefficient (Wildman–Crippen LogP) is 2.59. The maximum absolute atomic E-state index is 11.9. The first-order valence-corrected chi connectivity index (χ1v) is 7.05. The second kappa shape index (κ2) is 5.65. The van der Waals surface area contributed by atoms with Crippen LogP contribution in [0.3, 0.4) is 0 Å². The predicted molar refractivity (Wildman–Crippen MR) is 79.6 cm³/mol. The highest BCUT2D eigenvalue weighted by molar-refractivity contribution is 6.04. The third-order valence-corrected chi connectivity index (χ3v) is 3.27. The number of carbonyl (C=O) groups is 2. The van der Waals surface area contributed by atoms with Crippen molar-refractivity contribution >= 4 is 17.5 Å². The summed E-state index contributed by atoms with van der Waals surface area (Å²) in [6.45, 7) is 6.29. The monoisotopic (exact) mass is 274 g/mol. The van der Waals surface area contributed by atoms with Crippen molar-refractivity contribution in [2.24, 2.45) is 0 Å². The van der Waals surface area contributed by atoms with Crippen LogP contribution < -0.4 is 10.6 Å². The molecule has 0 saturated heterocycles. The molecule has 1 aromatic rings. The highest BCUT2D eigenvalue weighted by Gasteiger charge is 2.24. The Morgan fingerprint density at radius 3 is 2.40 bits per heavy atom. The molecule has 1 fully saturated rings. The summed E-state index contributed by atoms with van der Waals surface area (Å²) in [4.78, 5) is 23.5. The van der Waals surface area contributed by atoms with Gasteiger partial charge in [-0.3, -0.25) is 9.59 Å². The fourth-order valence-electron chi connectivity index (χ4n) is 2.09. The van der Waals surface area contributed by atoms with Gasteiger partial charge in [0.1, 0.15) is 6.42 Å². The van der Waals surface area contributed by atoms with E-state index < -0.39 is 0 Å². The molecule has 0 unspecified atom stereocenters. The molecule has 1 aromatic carbocycles. The van der Waals surface area contributed by atoms with Crippen LogP contribution in [0.1, 0.15) is 45.6 Å². The molecule has 0 aromatic heterocycles. The van der Waals surface area contributed by atoms with Crippen LogP contribution in [0.25, 0.3) is 0 Å². The second-order valence-corrected chi connectivity index (χ2v) is 6.36. The van der Waals surface area contributed by atoms with E-state index in [9.17, 15) is 9.59 Å². The van der Waals surface area contributed by atoms with Gasteiger partial charge < -0.3 is 10.6 Å². The van der Waals surface area contributed by atoms with E-state index >= 15 is 0 Å². The van der Waals surface area contributed by atoms with E-state index in [2.05, 4.69) is 31.4 Å². The molecule has 4 heteroatoms. The zero-order valence-corrected chi connectivity index (χ0v) is 12.3. The minimum atomic E-state index is -0.264. The Hall–Kier alpha value is -1.84. The zero-order valence-electron chi connectivity index (χ0n) is 12.3. The number of benzene rings is 1. The van der Waals surface area contributed by atoms with Gasteiger partial charge in [0, 0.05) is 11.7 Å². The largest absolute Gasteiger partial charge is 0.353 e. The molecule has 4 nitrogen and oxygen atoms in total. The lowest BCUT2D eigenvalue weighted by Gasteiger charge is -2.22. The highest BCUT2D eigenvalue weighted by Crippen LogP contribution is 2.29. The van der Waals surface area contributed by atoms with Gasteiger partial charge in [0.05, 0.1) is 0 Å². The highest BCUT2D eigenvalue weighted by atomic mass is 16.2. The van der Waals surface area contributed by atoms with Gasteiger partial charge in [0.25, 0.3) is 0 Å². The van der Waals surface area contributed by atoms with Gasteiger partial charge >= 0.3 is 0 Å². The van der Waals surface area contributed by atoms with Gasteiger partial charge in [0.2, 0.25) is 11.8 Å². The van der Waals surface area contributed by atoms with Gasteiger partial charge in [0.15, 0.2) is 0 Å². The number of anilines is 1. The van der Waals surface area contributed by atoms with Crippen LogP contribution in [0.2, 0.25) is 0 Å². The first kappa shape index (κ1) is 14.6. The average Bonchev–Trinajstić information content (AvgIpc) is 3.11. The molecular weight excluding hydrogens is 252 g/mol. The molecule has 0 spiro atoms. The summed E-state index contributed by atoms with van der Waals surface area (Å²) in [6.07, 6.45) is 1.94. The Bertz CT molecular complexity index is 513. The number of carbonyl (C=O) groups excluding carboxylic acids is 2. The van der Waals surface area contributed by atoms with Gasteiger partial charge in [-0.05, 0) is 29.9 Å². The van der Waals surface area contributed by atoms with Gasteiger partial charge in [-0.1, -0.05) is 39.0 Å². The lowest BCUT2D eigenvalue weighted by molar-refractivity contribution is -0.126. The summed E-state index contributed by atoms with van der Waals surface area (Å²) < 4.78 is 0. The average molecular weight is 274 g/mol. The van der Waals surface area contributed by atoms with Crippen LogP contribution in [-0.2, 0) is 15.0 Å². The summed E-state index contributed by atoms with van der Waals surface area (Å²) in [5.41, 5.74) is 1.79.